The van der Waals surface area contributed by atoms with Crippen molar-refractivity contribution in [3.05, 3.63) is 34.2 Å². The number of hydrogen-bond acceptors (Lipinski definition) is 3. The molecule has 1 fully saturated rings. The largest absolute Gasteiger partial charge is 0.393 e. The predicted octanol–water partition coefficient (Wildman–Crippen LogP) is 0.408. The van der Waals surface area contributed by atoms with Gasteiger partial charge < -0.3 is 15.4 Å². The van der Waals surface area contributed by atoms with Crippen molar-refractivity contribution in [2.45, 2.75) is 37.8 Å². The minimum absolute atomic E-state index is 0.0261. The maximum Gasteiger partial charge on any atom is 0.252 e. The van der Waals surface area contributed by atoms with E-state index in [1.807, 2.05) is 0 Å². The van der Waals surface area contributed by atoms with Gasteiger partial charge in [-0.1, -0.05) is 0 Å². The summed E-state index contributed by atoms with van der Waals surface area (Å²) in [5, 5.41) is 12.4. The second-order valence-corrected chi connectivity index (χ2v) is 4.43. The number of pyridine rings is 1. The number of rotatable bonds is 2. The van der Waals surface area contributed by atoms with Gasteiger partial charge in [-0.3, -0.25) is 9.59 Å². The molecule has 1 saturated carbocycles. The van der Waals surface area contributed by atoms with Gasteiger partial charge >= 0.3 is 0 Å². The zero-order valence-corrected chi connectivity index (χ0v) is 9.48. The average molecular weight is 236 g/mol. The van der Waals surface area contributed by atoms with Crippen molar-refractivity contribution in [3.63, 3.8) is 0 Å². The van der Waals surface area contributed by atoms with Crippen molar-refractivity contribution >= 4 is 5.91 Å². The number of aliphatic hydroxyl groups excluding tert-OH is 1. The number of carbonyl (C=O) groups excluding carboxylic acids is 1. The van der Waals surface area contributed by atoms with Gasteiger partial charge in [0.05, 0.1) is 11.7 Å². The maximum atomic E-state index is 11.8. The number of hydrogen-bond donors (Lipinski definition) is 3. The number of aromatic amines is 1. The molecule has 1 aliphatic rings. The second-order valence-electron chi connectivity index (χ2n) is 4.43. The standard InChI is InChI=1S/C12H16N2O3/c15-10-3-1-2-9(6-10)14-12(17)8-4-5-11(16)13-7-8/h4-5,7,9-10,15H,1-3,6H2,(H,13,16)(H,14,17). The highest BCUT2D eigenvalue weighted by molar-refractivity contribution is 5.93. The minimum Gasteiger partial charge on any atom is -0.393 e. The lowest BCUT2D eigenvalue weighted by Crippen LogP contribution is -2.39. The Bertz CT molecular complexity index is 435. The van der Waals surface area contributed by atoms with Crippen molar-refractivity contribution < 1.29 is 9.90 Å². The van der Waals surface area contributed by atoms with Crippen LogP contribution in [-0.4, -0.2) is 28.1 Å². The zero-order valence-electron chi connectivity index (χ0n) is 9.48. The van der Waals surface area contributed by atoms with E-state index in [0.29, 0.717) is 12.0 Å². The van der Waals surface area contributed by atoms with E-state index in [1.165, 1.54) is 18.3 Å². The number of amides is 1. The van der Waals surface area contributed by atoms with Crippen LogP contribution in [0.4, 0.5) is 0 Å². The molecule has 1 aliphatic carbocycles. The number of nitrogens with one attached hydrogen (secondary N) is 2. The van der Waals surface area contributed by atoms with Gasteiger partial charge in [0.25, 0.3) is 5.91 Å². The molecule has 0 aromatic carbocycles. The van der Waals surface area contributed by atoms with E-state index in [4.69, 9.17) is 0 Å². The van der Waals surface area contributed by atoms with Gasteiger partial charge in [-0.15, -0.1) is 0 Å². The Labute approximate surface area is 98.9 Å². The Morgan fingerprint density at radius 2 is 2.24 bits per heavy atom. The molecule has 2 atom stereocenters. The SMILES string of the molecule is O=C(NC1CCCC(O)C1)c1ccc(=O)[nH]c1. The first-order valence-electron chi connectivity index (χ1n) is 5.83. The summed E-state index contributed by atoms with van der Waals surface area (Å²) in [4.78, 5) is 25.1. The normalized spacial score (nSPS) is 24.3. The van der Waals surface area contributed by atoms with E-state index < -0.39 is 0 Å². The van der Waals surface area contributed by atoms with Crippen LogP contribution < -0.4 is 10.9 Å². The molecule has 3 N–H and O–H groups in total. The summed E-state index contributed by atoms with van der Waals surface area (Å²) in [5.41, 5.74) is 0.208. The van der Waals surface area contributed by atoms with Crippen LogP contribution >= 0.6 is 0 Å². The molecule has 2 unspecified atom stereocenters. The molecule has 5 heteroatoms. The highest BCUT2D eigenvalue weighted by atomic mass is 16.3. The minimum atomic E-state index is -0.315. The van der Waals surface area contributed by atoms with Crippen molar-refractivity contribution in [2.75, 3.05) is 0 Å². The summed E-state index contributed by atoms with van der Waals surface area (Å²) in [7, 11) is 0. The molecule has 2 rings (SSSR count). The average Bonchev–Trinajstić information content (AvgIpc) is 2.29. The van der Waals surface area contributed by atoms with Crippen molar-refractivity contribution in [1.82, 2.24) is 10.3 Å². The van der Waals surface area contributed by atoms with Gasteiger partial charge in [0, 0.05) is 18.3 Å². The second kappa shape index (κ2) is 5.14. The third kappa shape index (κ3) is 3.17. The van der Waals surface area contributed by atoms with Gasteiger partial charge in [0.1, 0.15) is 0 Å². The molecule has 1 amide bonds. The Morgan fingerprint density at radius 3 is 2.88 bits per heavy atom. The van der Waals surface area contributed by atoms with Crippen molar-refractivity contribution in [2.24, 2.45) is 0 Å². The molecule has 0 radical (unpaired) electrons. The highest BCUT2D eigenvalue weighted by Crippen LogP contribution is 2.18. The van der Waals surface area contributed by atoms with Gasteiger partial charge in [-0.25, -0.2) is 0 Å². The lowest BCUT2D eigenvalue weighted by molar-refractivity contribution is 0.0849. The quantitative estimate of drug-likeness (QED) is 0.695. The fraction of sp³-hybridized carbons (Fsp3) is 0.500. The fourth-order valence-corrected chi connectivity index (χ4v) is 2.12. The molecule has 1 aromatic heterocycles. The summed E-state index contributed by atoms with van der Waals surface area (Å²) in [6, 6.07) is 2.84. The monoisotopic (exact) mass is 236 g/mol. The van der Waals surface area contributed by atoms with Crippen LogP contribution in [0.1, 0.15) is 36.0 Å². The summed E-state index contributed by atoms with van der Waals surface area (Å²) in [6.45, 7) is 0. The lowest BCUT2D eigenvalue weighted by Gasteiger charge is -2.26. The number of carbonyl (C=O) groups is 1. The van der Waals surface area contributed by atoms with Crippen molar-refractivity contribution in [3.8, 4) is 0 Å². The molecular weight excluding hydrogens is 220 g/mol. The molecule has 5 nitrogen and oxygen atoms in total. The number of aliphatic hydroxyl groups is 1. The van der Waals surface area contributed by atoms with Crippen LogP contribution in [0.5, 0.6) is 0 Å². The molecule has 0 saturated heterocycles. The Balaban J connectivity index is 1.96. The number of aromatic nitrogens is 1. The third-order valence-corrected chi connectivity index (χ3v) is 3.03. The van der Waals surface area contributed by atoms with Crippen LogP contribution in [0.3, 0.4) is 0 Å². The molecule has 1 aromatic rings. The Morgan fingerprint density at radius 1 is 1.41 bits per heavy atom. The van der Waals surface area contributed by atoms with Crippen LogP contribution in [0.25, 0.3) is 0 Å². The van der Waals surface area contributed by atoms with Gasteiger partial charge in [0.15, 0.2) is 0 Å². The smallest absolute Gasteiger partial charge is 0.252 e. The van der Waals surface area contributed by atoms with E-state index in [1.54, 1.807) is 0 Å². The first-order valence-corrected chi connectivity index (χ1v) is 5.83. The van der Waals surface area contributed by atoms with Crippen LogP contribution in [0.15, 0.2) is 23.1 Å². The molecule has 0 bridgehead atoms. The van der Waals surface area contributed by atoms with E-state index >= 15 is 0 Å². The summed E-state index contributed by atoms with van der Waals surface area (Å²) < 4.78 is 0. The molecular formula is C12H16N2O3. The molecule has 92 valence electrons. The molecule has 17 heavy (non-hydrogen) atoms. The topological polar surface area (TPSA) is 82.2 Å². The maximum absolute atomic E-state index is 11.8. The van der Waals surface area contributed by atoms with Crippen LogP contribution in [0, 0.1) is 0 Å². The predicted molar refractivity (Wildman–Crippen MR) is 62.8 cm³/mol. The fourth-order valence-electron chi connectivity index (χ4n) is 2.12. The highest BCUT2D eigenvalue weighted by Gasteiger charge is 2.21. The Kier molecular flexibility index (Phi) is 3.58. The molecule has 0 spiro atoms. The van der Waals surface area contributed by atoms with E-state index in [2.05, 4.69) is 10.3 Å². The van der Waals surface area contributed by atoms with Crippen LogP contribution in [-0.2, 0) is 0 Å². The van der Waals surface area contributed by atoms with E-state index in [-0.39, 0.29) is 23.6 Å². The first kappa shape index (κ1) is 11.9. The Hall–Kier alpha value is -1.62. The summed E-state index contributed by atoms with van der Waals surface area (Å²) >= 11 is 0. The van der Waals surface area contributed by atoms with E-state index in [9.17, 15) is 14.7 Å². The zero-order chi connectivity index (χ0) is 12.3. The van der Waals surface area contributed by atoms with Gasteiger partial charge in [-0.2, -0.15) is 0 Å². The van der Waals surface area contributed by atoms with Gasteiger partial charge in [-0.05, 0) is 31.7 Å². The molecule has 1 heterocycles. The van der Waals surface area contributed by atoms with Crippen molar-refractivity contribution in [1.29, 1.82) is 0 Å². The lowest BCUT2D eigenvalue weighted by atomic mass is 9.93. The first-order chi connectivity index (χ1) is 8.15. The van der Waals surface area contributed by atoms with E-state index in [0.717, 1.165) is 19.3 Å². The molecule has 0 aliphatic heterocycles. The van der Waals surface area contributed by atoms with Crippen LogP contribution in [0.2, 0.25) is 0 Å². The summed E-state index contributed by atoms with van der Waals surface area (Å²) in [6.07, 6.45) is 4.32. The number of H-pyrrole nitrogens is 1. The van der Waals surface area contributed by atoms with Gasteiger partial charge in [0.2, 0.25) is 5.56 Å². The summed E-state index contributed by atoms with van der Waals surface area (Å²) in [5.74, 6) is -0.208. The third-order valence-electron chi connectivity index (χ3n) is 3.03.